The molecule has 3 aromatic rings. The van der Waals surface area contributed by atoms with Gasteiger partial charge in [0.25, 0.3) is 0 Å². The maximum absolute atomic E-state index is 3.64. The molecule has 0 unspecified atom stereocenters. The van der Waals surface area contributed by atoms with Gasteiger partial charge in [-0.15, -0.1) is 0 Å². The van der Waals surface area contributed by atoms with E-state index in [1.54, 1.807) is 0 Å². The van der Waals surface area contributed by atoms with Gasteiger partial charge in [-0.3, -0.25) is 0 Å². The highest BCUT2D eigenvalue weighted by Crippen LogP contribution is 2.32. The molecule has 0 aromatic heterocycles. The van der Waals surface area contributed by atoms with E-state index < -0.39 is 0 Å². The SMILES string of the molecule is CCCCc1ccc(Nc2ccc(CCCC)cc2-c2ccccc2)cc1. The van der Waals surface area contributed by atoms with E-state index in [-0.39, 0.29) is 0 Å². The minimum absolute atomic E-state index is 1.14. The molecule has 0 amide bonds. The highest BCUT2D eigenvalue weighted by Gasteiger charge is 2.07. The fraction of sp³-hybridized carbons (Fsp3) is 0.308. The molecule has 0 fully saturated rings. The third-order valence-corrected chi connectivity index (χ3v) is 5.04. The molecule has 0 bridgehead atoms. The van der Waals surface area contributed by atoms with E-state index in [2.05, 4.69) is 92.0 Å². The molecule has 27 heavy (non-hydrogen) atoms. The highest BCUT2D eigenvalue weighted by atomic mass is 14.9. The van der Waals surface area contributed by atoms with E-state index in [4.69, 9.17) is 0 Å². The van der Waals surface area contributed by atoms with Crippen LogP contribution in [0.25, 0.3) is 11.1 Å². The van der Waals surface area contributed by atoms with Crippen molar-refractivity contribution >= 4 is 11.4 Å². The van der Waals surface area contributed by atoms with Gasteiger partial charge in [0.1, 0.15) is 0 Å². The number of anilines is 2. The molecule has 0 atom stereocenters. The Kier molecular flexibility index (Phi) is 7.10. The van der Waals surface area contributed by atoms with Gasteiger partial charge >= 0.3 is 0 Å². The van der Waals surface area contributed by atoms with Crippen LogP contribution in [0.2, 0.25) is 0 Å². The summed E-state index contributed by atoms with van der Waals surface area (Å²) < 4.78 is 0. The summed E-state index contributed by atoms with van der Waals surface area (Å²) in [5, 5.41) is 3.64. The average molecular weight is 358 g/mol. The average Bonchev–Trinajstić information content (AvgIpc) is 2.73. The topological polar surface area (TPSA) is 12.0 Å². The van der Waals surface area contributed by atoms with Crippen LogP contribution in [-0.4, -0.2) is 0 Å². The van der Waals surface area contributed by atoms with Crippen LogP contribution in [-0.2, 0) is 12.8 Å². The predicted molar refractivity (Wildman–Crippen MR) is 119 cm³/mol. The molecule has 1 heteroatoms. The Morgan fingerprint density at radius 1 is 0.667 bits per heavy atom. The quantitative estimate of drug-likeness (QED) is 0.412. The van der Waals surface area contributed by atoms with Crippen LogP contribution in [0.5, 0.6) is 0 Å². The summed E-state index contributed by atoms with van der Waals surface area (Å²) in [6, 6.07) is 26.4. The molecule has 0 saturated carbocycles. The van der Waals surface area contributed by atoms with Crippen LogP contribution in [0, 0.1) is 0 Å². The molecule has 0 aliphatic rings. The van der Waals surface area contributed by atoms with Crippen LogP contribution in [0.3, 0.4) is 0 Å². The van der Waals surface area contributed by atoms with Gasteiger partial charge in [-0.1, -0.05) is 75.2 Å². The minimum Gasteiger partial charge on any atom is -0.355 e. The molecule has 1 N–H and O–H groups in total. The van der Waals surface area contributed by atoms with Crippen molar-refractivity contribution in [3.8, 4) is 11.1 Å². The molecule has 0 heterocycles. The number of unbranched alkanes of at least 4 members (excludes halogenated alkanes) is 2. The standard InChI is InChI=1S/C26H31N/c1-3-5-10-21-14-17-24(18-15-21)27-26-19-16-22(11-6-4-2)20-25(26)23-12-8-7-9-13-23/h7-9,12-20,27H,3-6,10-11H2,1-2H3. The maximum Gasteiger partial charge on any atom is 0.0464 e. The minimum atomic E-state index is 1.14. The maximum atomic E-state index is 3.64. The second kappa shape index (κ2) is 9.97. The normalized spacial score (nSPS) is 10.7. The lowest BCUT2D eigenvalue weighted by Gasteiger charge is -2.15. The molecule has 0 aliphatic heterocycles. The lowest BCUT2D eigenvalue weighted by Crippen LogP contribution is -1.96. The molecule has 0 spiro atoms. The summed E-state index contributed by atoms with van der Waals surface area (Å²) >= 11 is 0. The number of aryl methyl sites for hydroxylation is 2. The van der Waals surface area contributed by atoms with Crippen molar-refractivity contribution in [3.05, 3.63) is 83.9 Å². The fourth-order valence-electron chi connectivity index (χ4n) is 3.38. The summed E-state index contributed by atoms with van der Waals surface area (Å²) in [6.45, 7) is 4.49. The lowest BCUT2D eigenvalue weighted by molar-refractivity contribution is 0.795. The zero-order valence-corrected chi connectivity index (χ0v) is 16.7. The summed E-state index contributed by atoms with van der Waals surface area (Å²) in [7, 11) is 0. The second-order valence-electron chi connectivity index (χ2n) is 7.27. The third-order valence-electron chi connectivity index (χ3n) is 5.04. The Morgan fingerprint density at radius 2 is 1.30 bits per heavy atom. The molecule has 3 aromatic carbocycles. The second-order valence-corrected chi connectivity index (χ2v) is 7.27. The van der Waals surface area contributed by atoms with Gasteiger partial charge < -0.3 is 5.32 Å². The molecule has 3 rings (SSSR count). The molecule has 0 aliphatic carbocycles. The van der Waals surface area contributed by atoms with Crippen molar-refractivity contribution < 1.29 is 0 Å². The predicted octanol–water partition coefficient (Wildman–Crippen LogP) is 7.78. The zero-order valence-electron chi connectivity index (χ0n) is 16.7. The zero-order chi connectivity index (χ0) is 18.9. The van der Waals surface area contributed by atoms with Gasteiger partial charge in [0, 0.05) is 16.9 Å². The van der Waals surface area contributed by atoms with E-state index >= 15 is 0 Å². The Balaban J connectivity index is 1.85. The monoisotopic (exact) mass is 357 g/mol. The van der Waals surface area contributed by atoms with Gasteiger partial charge in [0.05, 0.1) is 0 Å². The largest absolute Gasteiger partial charge is 0.355 e. The Morgan fingerprint density at radius 3 is 1.96 bits per heavy atom. The molecule has 0 radical (unpaired) electrons. The van der Waals surface area contributed by atoms with E-state index in [0.717, 1.165) is 18.5 Å². The van der Waals surface area contributed by atoms with Crippen molar-refractivity contribution in [2.45, 2.75) is 52.4 Å². The van der Waals surface area contributed by atoms with Crippen molar-refractivity contribution in [3.63, 3.8) is 0 Å². The van der Waals surface area contributed by atoms with Crippen LogP contribution >= 0.6 is 0 Å². The van der Waals surface area contributed by atoms with Gasteiger partial charge in [-0.25, -0.2) is 0 Å². The molecule has 140 valence electrons. The third kappa shape index (κ3) is 5.47. The van der Waals surface area contributed by atoms with E-state index in [0.29, 0.717) is 0 Å². The van der Waals surface area contributed by atoms with E-state index in [9.17, 15) is 0 Å². The number of hydrogen-bond acceptors (Lipinski definition) is 1. The summed E-state index contributed by atoms with van der Waals surface area (Å²) in [5.41, 5.74) is 7.69. The molecule has 1 nitrogen and oxygen atoms in total. The number of nitrogens with one attached hydrogen (secondary N) is 1. The number of rotatable bonds is 9. The smallest absolute Gasteiger partial charge is 0.0464 e. The van der Waals surface area contributed by atoms with Crippen molar-refractivity contribution in [2.75, 3.05) is 5.32 Å². The van der Waals surface area contributed by atoms with Crippen molar-refractivity contribution in [2.24, 2.45) is 0 Å². The van der Waals surface area contributed by atoms with Crippen LogP contribution in [0.4, 0.5) is 11.4 Å². The fourth-order valence-corrected chi connectivity index (χ4v) is 3.38. The first-order valence-electron chi connectivity index (χ1n) is 10.3. The van der Waals surface area contributed by atoms with Crippen LogP contribution in [0.15, 0.2) is 72.8 Å². The van der Waals surface area contributed by atoms with Gasteiger partial charge in [-0.05, 0) is 66.6 Å². The summed E-state index contributed by atoms with van der Waals surface area (Å²) in [5.74, 6) is 0. The van der Waals surface area contributed by atoms with Crippen LogP contribution < -0.4 is 5.32 Å². The van der Waals surface area contributed by atoms with Gasteiger partial charge in [0.2, 0.25) is 0 Å². The Labute approximate surface area is 164 Å². The van der Waals surface area contributed by atoms with Gasteiger partial charge in [0.15, 0.2) is 0 Å². The summed E-state index contributed by atoms with van der Waals surface area (Å²) in [4.78, 5) is 0. The van der Waals surface area contributed by atoms with Crippen molar-refractivity contribution in [1.29, 1.82) is 0 Å². The van der Waals surface area contributed by atoms with Gasteiger partial charge in [-0.2, -0.15) is 0 Å². The van der Waals surface area contributed by atoms with E-state index in [1.165, 1.54) is 53.6 Å². The number of hydrogen-bond donors (Lipinski definition) is 1. The highest BCUT2D eigenvalue weighted by molar-refractivity contribution is 5.81. The Bertz CT molecular complexity index is 819. The molecular formula is C26H31N. The first-order valence-corrected chi connectivity index (χ1v) is 10.3. The van der Waals surface area contributed by atoms with E-state index in [1.807, 2.05) is 0 Å². The number of benzene rings is 3. The molecular weight excluding hydrogens is 326 g/mol. The van der Waals surface area contributed by atoms with Crippen molar-refractivity contribution in [1.82, 2.24) is 0 Å². The first kappa shape index (κ1) is 19.2. The Hall–Kier alpha value is -2.54. The summed E-state index contributed by atoms with van der Waals surface area (Å²) in [6.07, 6.45) is 7.27. The lowest BCUT2D eigenvalue weighted by atomic mass is 9.98. The van der Waals surface area contributed by atoms with Crippen LogP contribution in [0.1, 0.15) is 50.7 Å². The molecule has 0 saturated heterocycles. The first-order chi connectivity index (χ1) is 13.3.